The van der Waals surface area contributed by atoms with E-state index in [0.29, 0.717) is 0 Å². The summed E-state index contributed by atoms with van der Waals surface area (Å²) in [4.78, 5) is 0. The third kappa shape index (κ3) is 2.79. The van der Waals surface area contributed by atoms with Crippen molar-refractivity contribution in [3.05, 3.63) is 29.8 Å². The first-order valence-electron chi connectivity index (χ1n) is 7.74. The van der Waals surface area contributed by atoms with Gasteiger partial charge in [0.15, 0.2) is 0 Å². The molecule has 2 nitrogen and oxygen atoms in total. The van der Waals surface area contributed by atoms with Gasteiger partial charge in [0.2, 0.25) is 0 Å². The number of hydrogen-bond donors (Lipinski definition) is 1. The molecular weight excluding hydrogens is 234 g/mol. The van der Waals surface area contributed by atoms with Crippen LogP contribution in [0.1, 0.15) is 50.6 Å². The van der Waals surface area contributed by atoms with Crippen molar-refractivity contribution in [1.82, 2.24) is 0 Å². The number of rotatable bonds is 5. The van der Waals surface area contributed by atoms with Crippen LogP contribution in [0.25, 0.3) is 0 Å². The maximum absolute atomic E-state index is 6.02. The fourth-order valence-electron chi connectivity index (χ4n) is 3.83. The van der Waals surface area contributed by atoms with Gasteiger partial charge in [-0.15, -0.1) is 0 Å². The monoisotopic (exact) mass is 259 g/mol. The van der Waals surface area contributed by atoms with Crippen molar-refractivity contribution in [2.75, 3.05) is 6.61 Å². The Hall–Kier alpha value is -1.02. The Morgan fingerprint density at radius 1 is 1.21 bits per heavy atom. The minimum absolute atomic E-state index is 0.152. The van der Waals surface area contributed by atoms with Gasteiger partial charge in [0.05, 0.1) is 6.61 Å². The maximum atomic E-state index is 6.02. The first-order valence-corrected chi connectivity index (χ1v) is 7.74. The third-order valence-electron chi connectivity index (χ3n) is 5.10. The van der Waals surface area contributed by atoms with Gasteiger partial charge in [0, 0.05) is 6.04 Å². The second kappa shape index (κ2) is 5.54. The topological polar surface area (TPSA) is 35.2 Å². The number of benzene rings is 1. The molecule has 2 heteroatoms. The lowest BCUT2D eigenvalue weighted by molar-refractivity contribution is 0.195. The van der Waals surface area contributed by atoms with Gasteiger partial charge >= 0.3 is 0 Å². The van der Waals surface area contributed by atoms with Crippen molar-refractivity contribution < 1.29 is 4.74 Å². The van der Waals surface area contributed by atoms with Crippen molar-refractivity contribution in [3.8, 4) is 5.75 Å². The van der Waals surface area contributed by atoms with Crippen LogP contribution in [0.4, 0.5) is 0 Å². The number of hydrogen-bond acceptors (Lipinski definition) is 2. The fourth-order valence-corrected chi connectivity index (χ4v) is 3.83. The van der Waals surface area contributed by atoms with Crippen LogP contribution < -0.4 is 10.5 Å². The molecule has 1 aromatic rings. The summed E-state index contributed by atoms with van der Waals surface area (Å²) in [6.07, 6.45) is 6.72. The van der Waals surface area contributed by atoms with Crippen molar-refractivity contribution >= 4 is 0 Å². The first kappa shape index (κ1) is 13.0. The van der Waals surface area contributed by atoms with Gasteiger partial charge in [-0.3, -0.25) is 0 Å². The van der Waals surface area contributed by atoms with E-state index in [2.05, 4.69) is 31.2 Å². The zero-order valence-electron chi connectivity index (χ0n) is 11.8. The summed E-state index contributed by atoms with van der Waals surface area (Å²) in [5.74, 6) is 3.74. The molecular formula is C17H25NO. The molecule has 0 aromatic heterocycles. The van der Waals surface area contributed by atoms with Crippen molar-refractivity contribution in [3.63, 3.8) is 0 Å². The van der Waals surface area contributed by atoms with E-state index in [0.717, 1.165) is 36.5 Å². The quantitative estimate of drug-likeness (QED) is 0.870. The zero-order valence-corrected chi connectivity index (χ0v) is 11.8. The maximum Gasteiger partial charge on any atom is 0.119 e. The highest BCUT2D eigenvalue weighted by atomic mass is 16.5. The molecule has 0 radical (unpaired) electrons. The molecule has 2 saturated carbocycles. The number of ether oxygens (including phenoxy) is 1. The Labute approximate surface area is 116 Å². The molecule has 0 heterocycles. The summed E-state index contributed by atoms with van der Waals surface area (Å²) >= 11 is 0. The van der Waals surface area contributed by atoms with Gasteiger partial charge in [-0.05, 0) is 61.1 Å². The molecule has 2 aliphatic rings. The lowest BCUT2D eigenvalue weighted by Gasteiger charge is -2.21. The van der Waals surface area contributed by atoms with Gasteiger partial charge in [0.25, 0.3) is 0 Å². The zero-order chi connectivity index (χ0) is 13.2. The minimum Gasteiger partial charge on any atom is -0.493 e. The molecule has 2 aliphatic carbocycles. The Bertz CT molecular complexity index is 414. The summed E-state index contributed by atoms with van der Waals surface area (Å²) in [5, 5.41) is 0. The second-order valence-electron chi connectivity index (χ2n) is 6.33. The third-order valence-corrected chi connectivity index (χ3v) is 5.10. The van der Waals surface area contributed by atoms with Crippen LogP contribution in [0, 0.1) is 17.8 Å². The molecule has 3 rings (SSSR count). The van der Waals surface area contributed by atoms with Crippen LogP contribution in [0.3, 0.4) is 0 Å². The fraction of sp³-hybridized carbons (Fsp3) is 0.647. The van der Waals surface area contributed by atoms with E-state index in [4.69, 9.17) is 10.5 Å². The average molecular weight is 259 g/mol. The molecule has 4 unspecified atom stereocenters. The van der Waals surface area contributed by atoms with Gasteiger partial charge in [-0.1, -0.05) is 25.5 Å². The van der Waals surface area contributed by atoms with Gasteiger partial charge in [-0.2, -0.15) is 0 Å². The lowest BCUT2D eigenvalue weighted by atomic mass is 9.89. The van der Waals surface area contributed by atoms with Crippen molar-refractivity contribution in [2.45, 2.75) is 45.1 Å². The normalized spacial score (nSPS) is 30.5. The van der Waals surface area contributed by atoms with E-state index in [1.165, 1.54) is 31.2 Å². The van der Waals surface area contributed by atoms with E-state index in [-0.39, 0.29) is 6.04 Å². The second-order valence-corrected chi connectivity index (χ2v) is 6.33. The van der Waals surface area contributed by atoms with E-state index in [9.17, 15) is 0 Å². The SMILES string of the molecule is CCC(N)c1ccc(OCC2CC3CCC2C3)cc1. The van der Waals surface area contributed by atoms with Crippen LogP contribution >= 0.6 is 0 Å². The van der Waals surface area contributed by atoms with E-state index in [1.807, 2.05) is 0 Å². The average Bonchev–Trinajstić information content (AvgIpc) is 3.07. The Morgan fingerprint density at radius 3 is 2.58 bits per heavy atom. The molecule has 4 atom stereocenters. The molecule has 2 fully saturated rings. The summed E-state index contributed by atoms with van der Waals surface area (Å²) in [5.41, 5.74) is 7.22. The molecule has 1 aromatic carbocycles. The molecule has 0 aliphatic heterocycles. The van der Waals surface area contributed by atoms with E-state index >= 15 is 0 Å². The minimum atomic E-state index is 0.152. The predicted octanol–water partition coefficient (Wildman–Crippen LogP) is 3.91. The molecule has 0 spiro atoms. The highest BCUT2D eigenvalue weighted by molar-refractivity contribution is 5.29. The van der Waals surface area contributed by atoms with Crippen LogP contribution in [0.5, 0.6) is 5.75 Å². The summed E-state index contributed by atoms with van der Waals surface area (Å²) in [6, 6.07) is 8.49. The number of nitrogens with two attached hydrogens (primary N) is 1. The van der Waals surface area contributed by atoms with E-state index < -0.39 is 0 Å². The Morgan fingerprint density at radius 2 is 2.00 bits per heavy atom. The van der Waals surface area contributed by atoms with Crippen LogP contribution in [0.2, 0.25) is 0 Å². The van der Waals surface area contributed by atoms with Gasteiger partial charge in [-0.25, -0.2) is 0 Å². The molecule has 19 heavy (non-hydrogen) atoms. The van der Waals surface area contributed by atoms with Crippen molar-refractivity contribution in [1.29, 1.82) is 0 Å². The predicted molar refractivity (Wildman–Crippen MR) is 78.1 cm³/mol. The highest BCUT2D eigenvalue weighted by Crippen LogP contribution is 2.48. The molecule has 2 N–H and O–H groups in total. The Balaban J connectivity index is 1.53. The summed E-state index contributed by atoms with van der Waals surface area (Å²) in [6.45, 7) is 3.02. The van der Waals surface area contributed by atoms with Crippen LogP contribution in [-0.4, -0.2) is 6.61 Å². The number of fused-ring (bicyclic) bond motifs is 2. The van der Waals surface area contributed by atoms with Gasteiger partial charge in [0.1, 0.15) is 5.75 Å². The van der Waals surface area contributed by atoms with E-state index in [1.54, 1.807) is 0 Å². The van der Waals surface area contributed by atoms with Crippen LogP contribution in [-0.2, 0) is 0 Å². The highest BCUT2D eigenvalue weighted by Gasteiger charge is 2.39. The molecule has 0 saturated heterocycles. The van der Waals surface area contributed by atoms with Gasteiger partial charge < -0.3 is 10.5 Å². The Kier molecular flexibility index (Phi) is 3.79. The summed E-state index contributed by atoms with van der Waals surface area (Å²) in [7, 11) is 0. The molecule has 0 amide bonds. The summed E-state index contributed by atoms with van der Waals surface area (Å²) < 4.78 is 5.97. The first-order chi connectivity index (χ1) is 9.26. The smallest absolute Gasteiger partial charge is 0.119 e. The van der Waals surface area contributed by atoms with Crippen LogP contribution in [0.15, 0.2) is 24.3 Å². The standard InChI is InChI=1S/C17H25NO/c1-2-17(18)13-5-7-16(8-6-13)19-11-15-10-12-3-4-14(15)9-12/h5-8,12,14-15,17H,2-4,9-11,18H2,1H3. The largest absolute Gasteiger partial charge is 0.493 e. The lowest BCUT2D eigenvalue weighted by Crippen LogP contribution is -2.18. The van der Waals surface area contributed by atoms with Crippen molar-refractivity contribution in [2.24, 2.45) is 23.5 Å². The molecule has 2 bridgehead atoms. The molecule has 104 valence electrons.